The Hall–Kier alpha value is -1.04. The van der Waals surface area contributed by atoms with E-state index in [0.29, 0.717) is 13.2 Å². The van der Waals surface area contributed by atoms with Gasteiger partial charge in [0.2, 0.25) is 5.91 Å². The second-order valence-corrected chi connectivity index (χ2v) is 6.17. The van der Waals surface area contributed by atoms with Gasteiger partial charge in [-0.3, -0.25) is 4.79 Å². The first-order valence-electron chi connectivity index (χ1n) is 6.83. The number of thioether (sulfide) groups is 1. The number of hydrogen-bond donors (Lipinski definition) is 2. The van der Waals surface area contributed by atoms with Crippen LogP contribution in [-0.2, 0) is 9.53 Å². The third kappa shape index (κ3) is 5.94. The Morgan fingerprint density at radius 3 is 2.85 bits per heavy atom. The lowest BCUT2D eigenvalue weighted by Gasteiger charge is -2.13. The average molecular weight is 296 g/mol. The lowest BCUT2D eigenvalue weighted by molar-refractivity contribution is -0.120. The fourth-order valence-electron chi connectivity index (χ4n) is 1.70. The molecule has 20 heavy (non-hydrogen) atoms. The molecule has 0 bridgehead atoms. The van der Waals surface area contributed by atoms with Crippen molar-refractivity contribution in [3.05, 3.63) is 29.8 Å². The molecule has 2 unspecified atom stereocenters. The van der Waals surface area contributed by atoms with Crippen molar-refractivity contribution in [3.8, 4) is 0 Å². The summed E-state index contributed by atoms with van der Waals surface area (Å²) in [5.41, 5.74) is 6.95. The van der Waals surface area contributed by atoms with Crippen molar-refractivity contribution in [3.63, 3.8) is 0 Å². The molecule has 5 heteroatoms. The molecule has 0 aliphatic rings. The molecule has 0 saturated carbocycles. The molecule has 1 rings (SSSR count). The quantitative estimate of drug-likeness (QED) is 0.571. The number of nitrogens with one attached hydrogen (secondary N) is 1. The Kier molecular flexibility index (Phi) is 7.65. The summed E-state index contributed by atoms with van der Waals surface area (Å²) < 4.78 is 4.95. The molecule has 0 aliphatic heterocycles. The Bertz CT molecular complexity index is 424. The fraction of sp³-hybridized carbons (Fsp3) is 0.533. The molecule has 0 spiro atoms. The van der Waals surface area contributed by atoms with Crippen LogP contribution in [0.4, 0.5) is 0 Å². The molecule has 0 fully saturated rings. The highest BCUT2D eigenvalue weighted by Gasteiger charge is 2.14. The number of amides is 1. The third-order valence-corrected chi connectivity index (χ3v) is 3.98. The zero-order chi connectivity index (χ0) is 15.0. The number of ether oxygens (including phenoxy) is 1. The van der Waals surface area contributed by atoms with Gasteiger partial charge in [0.1, 0.15) is 0 Å². The van der Waals surface area contributed by atoms with Crippen LogP contribution in [0.2, 0.25) is 0 Å². The van der Waals surface area contributed by atoms with Crippen molar-refractivity contribution in [2.45, 2.75) is 36.5 Å². The van der Waals surface area contributed by atoms with Crippen molar-refractivity contribution in [1.29, 1.82) is 0 Å². The number of benzene rings is 1. The van der Waals surface area contributed by atoms with Gasteiger partial charge < -0.3 is 15.8 Å². The summed E-state index contributed by atoms with van der Waals surface area (Å²) in [5, 5.41) is 2.79. The summed E-state index contributed by atoms with van der Waals surface area (Å²) >= 11 is 1.55. The topological polar surface area (TPSA) is 64.3 Å². The zero-order valence-corrected chi connectivity index (χ0v) is 13.2. The Morgan fingerprint density at radius 2 is 2.20 bits per heavy atom. The summed E-state index contributed by atoms with van der Waals surface area (Å²) in [5.74, 6) is 0.0531. The first-order valence-corrected chi connectivity index (χ1v) is 7.71. The second-order valence-electron chi connectivity index (χ2n) is 4.76. The van der Waals surface area contributed by atoms with Crippen molar-refractivity contribution < 1.29 is 9.53 Å². The van der Waals surface area contributed by atoms with Gasteiger partial charge in [-0.25, -0.2) is 0 Å². The van der Waals surface area contributed by atoms with Crippen LogP contribution in [0.1, 0.15) is 31.9 Å². The molecule has 1 amide bonds. The largest absolute Gasteiger partial charge is 0.385 e. The number of methoxy groups -OCH3 is 1. The van der Waals surface area contributed by atoms with Crippen LogP contribution in [0.3, 0.4) is 0 Å². The van der Waals surface area contributed by atoms with Gasteiger partial charge in [-0.1, -0.05) is 12.1 Å². The van der Waals surface area contributed by atoms with Gasteiger partial charge in [0.05, 0.1) is 5.25 Å². The summed E-state index contributed by atoms with van der Waals surface area (Å²) in [4.78, 5) is 13.0. The van der Waals surface area contributed by atoms with Gasteiger partial charge in [0, 0.05) is 31.2 Å². The van der Waals surface area contributed by atoms with E-state index in [0.717, 1.165) is 16.9 Å². The Labute approximate surface area is 125 Å². The summed E-state index contributed by atoms with van der Waals surface area (Å²) in [6.07, 6.45) is 0.833. The van der Waals surface area contributed by atoms with E-state index in [1.807, 2.05) is 38.1 Å². The highest BCUT2D eigenvalue weighted by Crippen LogP contribution is 2.25. The first kappa shape index (κ1) is 17.0. The normalized spacial score (nSPS) is 13.8. The van der Waals surface area contributed by atoms with Gasteiger partial charge in [0.25, 0.3) is 0 Å². The summed E-state index contributed by atoms with van der Waals surface area (Å²) in [6, 6.07) is 8.04. The lowest BCUT2D eigenvalue weighted by Crippen LogP contribution is -2.32. The Morgan fingerprint density at radius 1 is 1.45 bits per heavy atom. The number of rotatable bonds is 8. The van der Waals surface area contributed by atoms with E-state index in [4.69, 9.17) is 10.5 Å². The predicted molar refractivity (Wildman–Crippen MR) is 83.9 cm³/mol. The van der Waals surface area contributed by atoms with Crippen molar-refractivity contribution >= 4 is 17.7 Å². The predicted octanol–water partition coefficient (Wildman–Crippen LogP) is 2.34. The van der Waals surface area contributed by atoms with E-state index in [2.05, 4.69) is 5.32 Å². The highest BCUT2D eigenvalue weighted by molar-refractivity contribution is 8.00. The molecule has 0 aromatic heterocycles. The standard InChI is InChI=1S/C15H24N2O2S/c1-11(16)13-6-4-7-14(10-13)20-12(2)15(18)17-8-5-9-19-3/h4,6-7,10-12H,5,8-9,16H2,1-3H3,(H,17,18). The van der Waals surface area contributed by atoms with Gasteiger partial charge in [-0.05, 0) is 38.0 Å². The summed E-state index contributed by atoms with van der Waals surface area (Å²) in [7, 11) is 1.66. The van der Waals surface area contributed by atoms with Crippen LogP contribution >= 0.6 is 11.8 Å². The van der Waals surface area contributed by atoms with Crippen molar-refractivity contribution in [2.24, 2.45) is 5.73 Å². The maximum atomic E-state index is 11.9. The molecule has 0 aliphatic carbocycles. The molecule has 112 valence electrons. The molecular weight excluding hydrogens is 272 g/mol. The minimum atomic E-state index is -0.124. The lowest BCUT2D eigenvalue weighted by atomic mass is 10.1. The fourth-order valence-corrected chi connectivity index (χ4v) is 2.66. The third-order valence-electron chi connectivity index (χ3n) is 2.89. The molecule has 4 nitrogen and oxygen atoms in total. The van der Waals surface area contributed by atoms with E-state index in [9.17, 15) is 4.79 Å². The zero-order valence-electron chi connectivity index (χ0n) is 12.4. The smallest absolute Gasteiger partial charge is 0.233 e. The minimum Gasteiger partial charge on any atom is -0.385 e. The van der Waals surface area contributed by atoms with Crippen molar-refractivity contribution in [1.82, 2.24) is 5.32 Å². The maximum absolute atomic E-state index is 11.9. The number of hydrogen-bond acceptors (Lipinski definition) is 4. The number of carbonyl (C=O) groups excluding carboxylic acids is 1. The second kappa shape index (κ2) is 9.00. The van der Waals surface area contributed by atoms with Gasteiger partial charge >= 0.3 is 0 Å². The molecule has 2 atom stereocenters. The molecule has 0 radical (unpaired) electrons. The maximum Gasteiger partial charge on any atom is 0.233 e. The van der Waals surface area contributed by atoms with E-state index < -0.39 is 0 Å². The molecular formula is C15H24N2O2S. The highest BCUT2D eigenvalue weighted by atomic mass is 32.2. The molecule has 0 heterocycles. The van der Waals surface area contributed by atoms with E-state index in [1.165, 1.54) is 0 Å². The van der Waals surface area contributed by atoms with Gasteiger partial charge in [-0.2, -0.15) is 0 Å². The minimum absolute atomic E-state index is 0.00808. The molecule has 0 saturated heterocycles. The van der Waals surface area contributed by atoms with E-state index in [-0.39, 0.29) is 17.2 Å². The van der Waals surface area contributed by atoms with E-state index in [1.54, 1.807) is 18.9 Å². The number of nitrogens with two attached hydrogens (primary N) is 1. The summed E-state index contributed by atoms with van der Waals surface area (Å²) in [6.45, 7) is 5.18. The monoisotopic (exact) mass is 296 g/mol. The van der Waals surface area contributed by atoms with Crippen LogP contribution < -0.4 is 11.1 Å². The van der Waals surface area contributed by atoms with Gasteiger partial charge in [0.15, 0.2) is 0 Å². The van der Waals surface area contributed by atoms with Crippen LogP contribution in [0.25, 0.3) is 0 Å². The van der Waals surface area contributed by atoms with Crippen LogP contribution in [0, 0.1) is 0 Å². The molecule has 1 aromatic carbocycles. The average Bonchev–Trinajstić information content (AvgIpc) is 2.43. The van der Waals surface area contributed by atoms with Gasteiger partial charge in [-0.15, -0.1) is 11.8 Å². The SMILES string of the molecule is COCCCNC(=O)C(C)Sc1cccc(C(C)N)c1. The van der Waals surface area contributed by atoms with E-state index >= 15 is 0 Å². The Balaban J connectivity index is 2.46. The van der Waals surface area contributed by atoms with Crippen LogP contribution in [0.5, 0.6) is 0 Å². The van der Waals surface area contributed by atoms with Crippen LogP contribution in [-0.4, -0.2) is 31.4 Å². The van der Waals surface area contributed by atoms with Crippen LogP contribution in [0.15, 0.2) is 29.2 Å². The molecule has 1 aromatic rings. The number of carbonyl (C=O) groups is 1. The molecule has 3 N–H and O–H groups in total. The van der Waals surface area contributed by atoms with Crippen molar-refractivity contribution in [2.75, 3.05) is 20.3 Å². The first-order chi connectivity index (χ1) is 9.54.